The maximum atomic E-state index is 2.84. The zero-order valence-electron chi connectivity index (χ0n) is 50.4. The number of hydrogen-bond donors (Lipinski definition) is 0. The van der Waals surface area contributed by atoms with Gasteiger partial charge in [-0.3, -0.25) is 0 Å². The molecule has 12 rings (SSSR count). The molecule has 1 fully saturated rings. The lowest BCUT2D eigenvalue weighted by Gasteiger charge is -2.53. The molecule has 3 heterocycles. The highest BCUT2D eigenvalue weighted by molar-refractivity contribution is 7.00. The van der Waals surface area contributed by atoms with E-state index in [1.54, 1.807) is 0 Å². The fourth-order valence-electron chi connectivity index (χ4n) is 14.4. The Morgan fingerprint density at radius 3 is 1.51 bits per heavy atom. The van der Waals surface area contributed by atoms with Gasteiger partial charge in [0.25, 0.3) is 6.71 Å². The van der Waals surface area contributed by atoms with Crippen LogP contribution < -0.4 is 31.1 Å². The number of nitrogens with zero attached hydrogens (tertiary/aromatic N) is 3. The molecule has 2 atom stereocenters. The van der Waals surface area contributed by atoms with Crippen molar-refractivity contribution >= 4 is 68.6 Å². The van der Waals surface area contributed by atoms with Crippen LogP contribution in [0, 0.1) is 0 Å². The van der Waals surface area contributed by atoms with Crippen molar-refractivity contribution in [1.82, 2.24) is 0 Å². The third kappa shape index (κ3) is 8.43. The molecule has 2 unspecified atom stereocenters. The zero-order valence-corrected chi connectivity index (χ0v) is 50.4. The lowest BCUT2D eigenvalue weighted by Crippen LogP contribution is -2.62. The van der Waals surface area contributed by atoms with Crippen LogP contribution in [0.3, 0.4) is 0 Å². The van der Waals surface area contributed by atoms with Crippen LogP contribution in [0.2, 0.25) is 0 Å². The summed E-state index contributed by atoms with van der Waals surface area (Å²) in [4.78, 5) is 8.19. The number of para-hydroxylation sites is 1. The third-order valence-corrected chi connectivity index (χ3v) is 19.0. The predicted molar refractivity (Wildman–Crippen MR) is 342 cm³/mol. The van der Waals surface area contributed by atoms with Gasteiger partial charge in [-0.15, -0.1) is 0 Å². The summed E-state index contributed by atoms with van der Waals surface area (Å²) in [5.74, 6) is 0. The Morgan fingerprint density at radius 1 is 0.380 bits per heavy atom. The summed E-state index contributed by atoms with van der Waals surface area (Å²) in [6.45, 7) is 37.8. The first-order valence-corrected chi connectivity index (χ1v) is 29.6. The first-order valence-electron chi connectivity index (χ1n) is 29.6. The molecule has 0 bridgehead atoms. The van der Waals surface area contributed by atoms with Crippen LogP contribution in [0.25, 0.3) is 11.1 Å². The van der Waals surface area contributed by atoms with Gasteiger partial charge in [0, 0.05) is 50.8 Å². The second-order valence-corrected chi connectivity index (χ2v) is 29.3. The van der Waals surface area contributed by atoms with E-state index in [1.807, 2.05) is 0 Å². The average Bonchev–Trinajstić information content (AvgIpc) is 3.60. The van der Waals surface area contributed by atoms with Crippen molar-refractivity contribution in [2.45, 2.75) is 174 Å². The quantitative estimate of drug-likeness (QED) is 0.159. The summed E-state index contributed by atoms with van der Waals surface area (Å²) in [5.41, 5.74) is 25.3. The van der Waals surface area contributed by atoms with Crippen molar-refractivity contribution in [3.63, 3.8) is 0 Å². The van der Waals surface area contributed by atoms with E-state index >= 15 is 0 Å². The molecule has 1 aliphatic carbocycles. The van der Waals surface area contributed by atoms with Crippen molar-refractivity contribution in [1.29, 1.82) is 0 Å². The highest BCUT2D eigenvalue weighted by Crippen LogP contribution is 2.64. The minimum Gasteiger partial charge on any atom is -0.334 e. The normalized spacial score (nSPS) is 18.9. The van der Waals surface area contributed by atoms with Crippen LogP contribution in [-0.4, -0.2) is 12.3 Å². The molecule has 1 saturated carbocycles. The molecule has 3 aliphatic heterocycles. The van der Waals surface area contributed by atoms with Gasteiger partial charge < -0.3 is 14.7 Å². The van der Waals surface area contributed by atoms with E-state index in [0.717, 1.165) is 12.8 Å². The van der Waals surface area contributed by atoms with E-state index < -0.39 is 0 Å². The van der Waals surface area contributed by atoms with Crippen LogP contribution >= 0.6 is 0 Å². The summed E-state index contributed by atoms with van der Waals surface area (Å²) in [7, 11) is 0. The number of fused-ring (bicyclic) bond motifs is 7. The van der Waals surface area contributed by atoms with Gasteiger partial charge >= 0.3 is 0 Å². The minimum absolute atomic E-state index is 0.0113. The fraction of sp³-hybridized carbons (Fsp3) is 0.360. The van der Waals surface area contributed by atoms with E-state index in [4.69, 9.17) is 0 Å². The van der Waals surface area contributed by atoms with Crippen molar-refractivity contribution in [3.05, 3.63) is 209 Å². The van der Waals surface area contributed by atoms with Crippen molar-refractivity contribution in [2.75, 3.05) is 14.7 Å². The Balaban J connectivity index is 1.23. The van der Waals surface area contributed by atoms with Gasteiger partial charge in [-0.1, -0.05) is 232 Å². The lowest BCUT2D eigenvalue weighted by atomic mass is 9.33. The molecule has 4 aliphatic rings. The summed E-state index contributed by atoms with van der Waals surface area (Å²) >= 11 is 0. The molecule has 0 aromatic heterocycles. The summed E-state index contributed by atoms with van der Waals surface area (Å²) in [6, 6.07) is 67.6. The zero-order chi connectivity index (χ0) is 56.0. The molecule has 8 aromatic carbocycles. The lowest BCUT2D eigenvalue weighted by molar-refractivity contribution is 0.215. The largest absolute Gasteiger partial charge is 0.334 e. The standard InChI is InChI=1S/C75H84BN3/c1-69(2,3)50-28-30-52(31-29-50)75-43-23-22-42-74(75,16)79(63-27-21-20-26-59(63)75)57-47-66-68-67(48-57)78(62-40-35-53(71(7,8)9)44-58(62)49-24-18-17-19-25-49)65-46-55(73(13,14)15)34-39-60(65)76(68)61-45-54(72(10,11)12)36-41-64(61)77(66)56-37-32-51(33-38-56)70(4,5)6/h17-21,24-41,44-48H,22-23,42-43H2,1-16H3. The molecule has 0 saturated heterocycles. The second kappa shape index (κ2) is 18.1. The maximum absolute atomic E-state index is 2.84. The summed E-state index contributed by atoms with van der Waals surface area (Å²) in [6.07, 6.45) is 4.53. The Kier molecular flexibility index (Phi) is 12.1. The number of benzene rings is 8. The fourth-order valence-corrected chi connectivity index (χ4v) is 14.4. The van der Waals surface area contributed by atoms with E-state index in [1.165, 1.54) is 125 Å². The van der Waals surface area contributed by atoms with E-state index in [9.17, 15) is 0 Å². The highest BCUT2D eigenvalue weighted by atomic mass is 15.3. The van der Waals surface area contributed by atoms with Crippen LogP contribution in [-0.2, 0) is 32.5 Å². The number of rotatable bonds is 5. The SMILES string of the molecule is CC(C)(C)c1ccc(N2c3ccc(C(C)(C)C)cc3B3c4ccc(C(C)(C)C)cc4N(c4ccc(C(C)(C)C)cc4-c4ccccc4)c4cc(N5c6ccccc6C6(c7ccc(C(C)(C)C)cc7)CCCCC56C)cc2c43)cc1. The van der Waals surface area contributed by atoms with Crippen molar-refractivity contribution in [2.24, 2.45) is 0 Å². The van der Waals surface area contributed by atoms with Crippen molar-refractivity contribution < 1.29 is 0 Å². The van der Waals surface area contributed by atoms with Gasteiger partial charge in [0.15, 0.2) is 0 Å². The van der Waals surface area contributed by atoms with Crippen LogP contribution in [0.1, 0.15) is 175 Å². The van der Waals surface area contributed by atoms with Gasteiger partial charge in [0.05, 0.1) is 11.2 Å². The minimum atomic E-state index is -0.285. The Bertz CT molecular complexity index is 3660. The molecule has 0 N–H and O–H groups in total. The molecule has 402 valence electrons. The number of anilines is 8. The van der Waals surface area contributed by atoms with E-state index in [-0.39, 0.29) is 44.7 Å². The molecule has 0 amide bonds. The Morgan fingerprint density at radius 2 is 0.886 bits per heavy atom. The summed E-state index contributed by atoms with van der Waals surface area (Å²) < 4.78 is 0. The average molecular weight is 1040 g/mol. The van der Waals surface area contributed by atoms with E-state index in [0.29, 0.717) is 0 Å². The molecule has 0 spiro atoms. The molecule has 0 radical (unpaired) electrons. The van der Waals surface area contributed by atoms with Gasteiger partial charge in [-0.2, -0.15) is 0 Å². The molecular weight excluding hydrogens is 954 g/mol. The topological polar surface area (TPSA) is 9.72 Å². The van der Waals surface area contributed by atoms with Crippen LogP contribution in [0.5, 0.6) is 0 Å². The highest BCUT2D eigenvalue weighted by Gasteiger charge is 2.61. The Labute approximate surface area is 475 Å². The molecule has 3 nitrogen and oxygen atoms in total. The van der Waals surface area contributed by atoms with Gasteiger partial charge in [0.2, 0.25) is 0 Å². The third-order valence-electron chi connectivity index (χ3n) is 19.0. The first kappa shape index (κ1) is 52.9. The second-order valence-electron chi connectivity index (χ2n) is 29.3. The molecule has 4 heteroatoms. The first-order chi connectivity index (χ1) is 37.2. The maximum Gasteiger partial charge on any atom is 0.252 e. The van der Waals surface area contributed by atoms with Crippen molar-refractivity contribution in [3.8, 4) is 11.1 Å². The van der Waals surface area contributed by atoms with Gasteiger partial charge in [-0.25, -0.2) is 0 Å². The Hall–Kier alpha value is -6.78. The van der Waals surface area contributed by atoms with Gasteiger partial charge in [-0.05, 0) is 162 Å². The monoisotopic (exact) mass is 1040 g/mol. The van der Waals surface area contributed by atoms with E-state index in [2.05, 4.69) is 295 Å². The number of hydrogen-bond acceptors (Lipinski definition) is 3. The summed E-state index contributed by atoms with van der Waals surface area (Å²) in [5, 5.41) is 0. The smallest absolute Gasteiger partial charge is 0.252 e. The predicted octanol–water partition coefficient (Wildman–Crippen LogP) is 18.7. The van der Waals surface area contributed by atoms with Crippen LogP contribution in [0.4, 0.5) is 45.5 Å². The molecule has 79 heavy (non-hydrogen) atoms. The van der Waals surface area contributed by atoms with Gasteiger partial charge in [0.1, 0.15) is 0 Å². The van der Waals surface area contributed by atoms with Crippen LogP contribution in [0.15, 0.2) is 170 Å². The molecule has 8 aromatic rings. The molecular formula is C75H84BN3.